The molecule has 0 fully saturated rings. The number of hydrogen-bond donors (Lipinski definition) is 2. The molecule has 18 heavy (non-hydrogen) atoms. The fourth-order valence-corrected chi connectivity index (χ4v) is 1.88. The van der Waals surface area contributed by atoms with Gasteiger partial charge in [0, 0.05) is 13.1 Å². The van der Waals surface area contributed by atoms with Crippen LogP contribution in [0.5, 0.6) is 0 Å². The third-order valence-electron chi connectivity index (χ3n) is 3.01. The molecule has 1 aromatic rings. The molecule has 2 N–H and O–H groups in total. The number of rotatable bonds is 7. The number of benzene rings is 1. The number of carboxylic acid groups (broad SMARTS) is 1. The summed E-state index contributed by atoms with van der Waals surface area (Å²) in [5.41, 5.74) is 2.55. The van der Waals surface area contributed by atoms with Crippen molar-refractivity contribution in [3.63, 3.8) is 0 Å². The Morgan fingerprint density at radius 1 is 1.50 bits per heavy atom. The highest BCUT2D eigenvalue weighted by molar-refractivity contribution is 5.73. The third kappa shape index (κ3) is 4.85. The van der Waals surface area contributed by atoms with Crippen molar-refractivity contribution >= 4 is 5.97 Å². The summed E-state index contributed by atoms with van der Waals surface area (Å²) >= 11 is 0. The zero-order valence-corrected chi connectivity index (χ0v) is 11.3. The quantitative estimate of drug-likeness (QED) is 0.762. The maximum absolute atomic E-state index is 10.9. The number of aryl methyl sites for hydroxylation is 1. The van der Waals surface area contributed by atoms with Crippen LogP contribution in [0, 0.1) is 6.92 Å². The first-order valence-electron chi connectivity index (χ1n) is 6.17. The maximum Gasteiger partial charge on any atom is 0.322 e. The maximum atomic E-state index is 10.9. The second kappa shape index (κ2) is 7.13. The molecule has 1 rings (SSSR count). The Labute approximate surface area is 109 Å². The first kappa shape index (κ1) is 14.7. The zero-order valence-electron chi connectivity index (χ0n) is 11.3. The van der Waals surface area contributed by atoms with Crippen molar-refractivity contribution in [3.05, 3.63) is 35.4 Å². The van der Waals surface area contributed by atoms with Crippen LogP contribution in [0.3, 0.4) is 0 Å². The lowest BCUT2D eigenvalue weighted by Gasteiger charge is -2.21. The van der Waals surface area contributed by atoms with Crippen LogP contribution in [-0.4, -0.2) is 49.2 Å². The molecule has 4 heteroatoms. The van der Waals surface area contributed by atoms with E-state index in [1.54, 1.807) is 7.05 Å². The Morgan fingerprint density at radius 3 is 2.78 bits per heavy atom. The topological polar surface area (TPSA) is 52.6 Å². The molecule has 100 valence electrons. The van der Waals surface area contributed by atoms with E-state index in [4.69, 9.17) is 5.11 Å². The number of carboxylic acids is 1. The van der Waals surface area contributed by atoms with Crippen molar-refractivity contribution in [2.75, 3.05) is 27.2 Å². The highest BCUT2D eigenvalue weighted by Gasteiger charge is 2.16. The number of nitrogens with one attached hydrogen (secondary N) is 1. The van der Waals surface area contributed by atoms with Gasteiger partial charge in [0.2, 0.25) is 0 Å². The van der Waals surface area contributed by atoms with E-state index in [1.807, 2.05) is 11.9 Å². The zero-order chi connectivity index (χ0) is 13.5. The molecule has 0 bridgehead atoms. The van der Waals surface area contributed by atoms with Gasteiger partial charge in [-0.1, -0.05) is 29.8 Å². The fraction of sp³-hybridized carbons (Fsp3) is 0.500. The molecule has 0 amide bonds. The van der Waals surface area contributed by atoms with E-state index < -0.39 is 12.0 Å². The summed E-state index contributed by atoms with van der Waals surface area (Å²) < 4.78 is 0. The van der Waals surface area contributed by atoms with Crippen molar-refractivity contribution in [1.29, 1.82) is 0 Å². The van der Waals surface area contributed by atoms with Gasteiger partial charge in [0.1, 0.15) is 6.04 Å². The molecule has 0 saturated heterocycles. The summed E-state index contributed by atoms with van der Waals surface area (Å²) in [5.74, 6) is -0.806. The SMILES string of the molecule is CNC(CN(C)CCc1cccc(C)c1)C(=O)O. The van der Waals surface area contributed by atoms with Gasteiger partial charge in [-0.2, -0.15) is 0 Å². The van der Waals surface area contributed by atoms with E-state index in [0.717, 1.165) is 13.0 Å². The molecule has 0 heterocycles. The van der Waals surface area contributed by atoms with Crippen LogP contribution in [0.2, 0.25) is 0 Å². The Morgan fingerprint density at radius 2 is 2.22 bits per heavy atom. The lowest BCUT2D eigenvalue weighted by molar-refractivity contribution is -0.139. The van der Waals surface area contributed by atoms with E-state index in [1.165, 1.54) is 11.1 Å². The van der Waals surface area contributed by atoms with Crippen LogP contribution in [0.4, 0.5) is 0 Å². The lowest BCUT2D eigenvalue weighted by Crippen LogP contribution is -2.43. The van der Waals surface area contributed by atoms with Gasteiger partial charge in [0.05, 0.1) is 0 Å². The molecular weight excluding hydrogens is 228 g/mol. The second-order valence-electron chi connectivity index (χ2n) is 4.68. The predicted octanol–water partition coefficient (Wildman–Crippen LogP) is 1.14. The van der Waals surface area contributed by atoms with Crippen molar-refractivity contribution < 1.29 is 9.90 Å². The van der Waals surface area contributed by atoms with Crippen LogP contribution >= 0.6 is 0 Å². The number of carbonyl (C=O) groups is 1. The Bertz CT molecular complexity index is 393. The summed E-state index contributed by atoms with van der Waals surface area (Å²) in [6.45, 7) is 3.45. The van der Waals surface area contributed by atoms with E-state index in [2.05, 4.69) is 36.5 Å². The van der Waals surface area contributed by atoms with Crippen LogP contribution in [0.1, 0.15) is 11.1 Å². The summed E-state index contributed by atoms with van der Waals surface area (Å²) in [7, 11) is 3.62. The van der Waals surface area contributed by atoms with Gasteiger partial charge in [-0.05, 0) is 33.0 Å². The molecule has 1 aromatic carbocycles. The molecule has 0 saturated carbocycles. The van der Waals surface area contributed by atoms with Crippen LogP contribution in [0.15, 0.2) is 24.3 Å². The van der Waals surface area contributed by atoms with E-state index in [9.17, 15) is 4.79 Å². The van der Waals surface area contributed by atoms with Gasteiger partial charge in [-0.15, -0.1) is 0 Å². The lowest BCUT2D eigenvalue weighted by atomic mass is 10.1. The first-order valence-corrected chi connectivity index (χ1v) is 6.17. The summed E-state index contributed by atoms with van der Waals surface area (Å²) in [5, 5.41) is 11.8. The minimum Gasteiger partial charge on any atom is -0.480 e. The number of aliphatic carboxylic acids is 1. The van der Waals surface area contributed by atoms with Gasteiger partial charge >= 0.3 is 5.97 Å². The average Bonchev–Trinajstić information content (AvgIpc) is 2.33. The third-order valence-corrected chi connectivity index (χ3v) is 3.01. The molecule has 0 aliphatic heterocycles. The van der Waals surface area contributed by atoms with Crippen LogP contribution in [0.25, 0.3) is 0 Å². The van der Waals surface area contributed by atoms with Crippen molar-refractivity contribution in [3.8, 4) is 0 Å². The fourth-order valence-electron chi connectivity index (χ4n) is 1.88. The minimum absolute atomic E-state index is 0.507. The van der Waals surface area contributed by atoms with Crippen molar-refractivity contribution in [1.82, 2.24) is 10.2 Å². The standard InChI is InChI=1S/C14H22N2O2/c1-11-5-4-6-12(9-11)7-8-16(3)10-13(15-2)14(17)18/h4-6,9,13,15H,7-8,10H2,1-3H3,(H,17,18). The van der Waals surface area contributed by atoms with Crippen LogP contribution < -0.4 is 5.32 Å². The van der Waals surface area contributed by atoms with Gasteiger partial charge in [0.25, 0.3) is 0 Å². The molecule has 1 unspecified atom stereocenters. The molecule has 1 atom stereocenters. The van der Waals surface area contributed by atoms with E-state index >= 15 is 0 Å². The molecule has 0 spiro atoms. The molecule has 0 radical (unpaired) electrons. The molecule has 0 aliphatic carbocycles. The molecule has 0 aromatic heterocycles. The predicted molar refractivity (Wildman–Crippen MR) is 72.9 cm³/mol. The summed E-state index contributed by atoms with van der Waals surface area (Å²) in [6.07, 6.45) is 0.939. The molecular formula is C14H22N2O2. The largest absolute Gasteiger partial charge is 0.480 e. The van der Waals surface area contributed by atoms with Gasteiger partial charge in [0.15, 0.2) is 0 Å². The van der Waals surface area contributed by atoms with Gasteiger partial charge < -0.3 is 15.3 Å². The van der Waals surface area contributed by atoms with Gasteiger partial charge in [-0.3, -0.25) is 4.79 Å². The Kier molecular flexibility index (Phi) is 5.82. The van der Waals surface area contributed by atoms with E-state index in [0.29, 0.717) is 6.54 Å². The number of nitrogens with zero attached hydrogens (tertiary/aromatic N) is 1. The highest BCUT2D eigenvalue weighted by atomic mass is 16.4. The monoisotopic (exact) mass is 250 g/mol. The van der Waals surface area contributed by atoms with Crippen molar-refractivity contribution in [2.45, 2.75) is 19.4 Å². The van der Waals surface area contributed by atoms with Gasteiger partial charge in [-0.25, -0.2) is 0 Å². The summed E-state index contributed by atoms with van der Waals surface area (Å²) in [6, 6.07) is 7.90. The number of hydrogen-bond acceptors (Lipinski definition) is 3. The second-order valence-corrected chi connectivity index (χ2v) is 4.68. The van der Waals surface area contributed by atoms with Crippen molar-refractivity contribution in [2.24, 2.45) is 0 Å². The minimum atomic E-state index is -0.806. The number of likely N-dealkylation sites (N-methyl/N-ethyl adjacent to an activating group) is 2. The average molecular weight is 250 g/mol. The molecule has 0 aliphatic rings. The Balaban J connectivity index is 2.41. The Hall–Kier alpha value is -1.39. The van der Waals surface area contributed by atoms with E-state index in [-0.39, 0.29) is 0 Å². The van der Waals surface area contributed by atoms with Crippen LogP contribution in [-0.2, 0) is 11.2 Å². The molecule has 4 nitrogen and oxygen atoms in total. The summed E-state index contributed by atoms with van der Waals surface area (Å²) in [4.78, 5) is 12.9. The smallest absolute Gasteiger partial charge is 0.322 e. The normalized spacial score (nSPS) is 12.7. The first-order chi connectivity index (χ1) is 8.52. The highest BCUT2D eigenvalue weighted by Crippen LogP contribution is 2.05.